The highest BCUT2D eigenvalue weighted by Gasteiger charge is 2.27. The minimum absolute atomic E-state index is 0.332. The second-order valence-electron chi connectivity index (χ2n) is 6.33. The number of furan rings is 1. The summed E-state index contributed by atoms with van der Waals surface area (Å²) in [6.45, 7) is 3.45. The van der Waals surface area contributed by atoms with Gasteiger partial charge in [0.1, 0.15) is 5.76 Å². The maximum absolute atomic E-state index is 13.0. The summed E-state index contributed by atoms with van der Waals surface area (Å²) in [5.74, 6) is 0.770. The summed E-state index contributed by atoms with van der Waals surface area (Å²) in [4.78, 5) is 0.332. The average molecular weight is 394 g/mol. The van der Waals surface area contributed by atoms with Crippen LogP contribution in [-0.4, -0.2) is 30.9 Å². The van der Waals surface area contributed by atoms with Gasteiger partial charge in [-0.25, -0.2) is 8.42 Å². The minimum Gasteiger partial charge on any atom is -0.467 e. The number of anilines is 1. The lowest BCUT2D eigenvalue weighted by atomic mass is 10.2. The number of aryl methyl sites for hydroxylation is 1. The van der Waals surface area contributed by atoms with E-state index in [0.29, 0.717) is 35.3 Å². The van der Waals surface area contributed by atoms with Crippen LogP contribution in [0.5, 0.6) is 0 Å². The molecule has 6 nitrogen and oxygen atoms in total. The van der Waals surface area contributed by atoms with E-state index in [1.807, 2.05) is 25.1 Å². The van der Waals surface area contributed by atoms with E-state index in [1.54, 1.807) is 22.7 Å². The molecule has 1 aromatic heterocycles. The molecule has 0 aliphatic carbocycles. The van der Waals surface area contributed by atoms with Crippen molar-refractivity contribution in [2.45, 2.75) is 37.6 Å². The Bertz CT molecular complexity index is 858. The predicted octanol–water partition coefficient (Wildman–Crippen LogP) is 3.25. The Kier molecular flexibility index (Phi) is 5.95. The Morgan fingerprint density at radius 2 is 2.00 bits per heavy atom. The maximum Gasteiger partial charge on any atom is 0.243 e. The van der Waals surface area contributed by atoms with E-state index < -0.39 is 10.0 Å². The molecule has 2 N–H and O–H groups in total. The molecule has 8 heteroatoms. The zero-order chi connectivity index (χ0) is 18.6. The summed E-state index contributed by atoms with van der Waals surface area (Å²) in [6.07, 6.45) is 4.52. The number of piperidine rings is 1. The predicted molar refractivity (Wildman–Crippen MR) is 106 cm³/mol. The lowest BCUT2D eigenvalue weighted by Crippen LogP contribution is -2.36. The number of thiocarbonyl (C=S) groups is 1. The number of nitrogens with one attached hydrogen (secondary N) is 2. The van der Waals surface area contributed by atoms with E-state index in [-0.39, 0.29) is 0 Å². The summed E-state index contributed by atoms with van der Waals surface area (Å²) in [5, 5.41) is 6.49. The van der Waals surface area contributed by atoms with Gasteiger partial charge in [-0.1, -0.05) is 12.5 Å². The monoisotopic (exact) mass is 393 g/mol. The Labute approximate surface area is 159 Å². The molecule has 1 saturated heterocycles. The Hall–Kier alpha value is -1.90. The maximum atomic E-state index is 13.0. The molecule has 140 valence electrons. The van der Waals surface area contributed by atoms with Gasteiger partial charge >= 0.3 is 0 Å². The molecule has 2 heterocycles. The van der Waals surface area contributed by atoms with E-state index in [1.165, 1.54) is 0 Å². The van der Waals surface area contributed by atoms with Crippen LogP contribution in [-0.2, 0) is 16.6 Å². The SMILES string of the molecule is Cc1ccc(NC(=S)NCc2ccco2)cc1S(=O)(=O)N1CCCCC1. The lowest BCUT2D eigenvalue weighted by Gasteiger charge is -2.26. The van der Waals surface area contributed by atoms with Crippen molar-refractivity contribution in [3.05, 3.63) is 47.9 Å². The molecule has 0 unspecified atom stereocenters. The summed E-state index contributed by atoms with van der Waals surface area (Å²) < 4.78 is 32.8. The first-order valence-electron chi connectivity index (χ1n) is 8.65. The number of benzene rings is 1. The highest BCUT2D eigenvalue weighted by molar-refractivity contribution is 7.89. The first kappa shape index (κ1) is 18.9. The van der Waals surface area contributed by atoms with Crippen molar-refractivity contribution in [1.29, 1.82) is 0 Å². The smallest absolute Gasteiger partial charge is 0.243 e. The molecule has 0 bridgehead atoms. The molecule has 1 aliphatic rings. The summed E-state index contributed by atoms with van der Waals surface area (Å²) in [5.41, 5.74) is 1.37. The normalized spacial score (nSPS) is 15.6. The van der Waals surface area contributed by atoms with Gasteiger partial charge in [0, 0.05) is 18.8 Å². The van der Waals surface area contributed by atoms with Crippen molar-refractivity contribution < 1.29 is 12.8 Å². The van der Waals surface area contributed by atoms with Crippen LogP contribution in [0.3, 0.4) is 0 Å². The van der Waals surface area contributed by atoms with Gasteiger partial charge in [-0.3, -0.25) is 0 Å². The standard InChI is InChI=1S/C18H23N3O3S2/c1-14-7-8-15(20-18(25)19-13-16-6-5-11-24-16)12-17(14)26(22,23)21-9-3-2-4-10-21/h5-8,11-12H,2-4,9-10,13H2,1H3,(H2,19,20,25). The third-order valence-electron chi connectivity index (χ3n) is 4.38. The summed E-state index contributed by atoms with van der Waals surface area (Å²) in [7, 11) is -3.48. The van der Waals surface area contributed by atoms with E-state index in [9.17, 15) is 8.42 Å². The van der Waals surface area contributed by atoms with Crippen LogP contribution in [0, 0.1) is 6.92 Å². The van der Waals surface area contributed by atoms with E-state index in [4.69, 9.17) is 16.6 Å². The van der Waals surface area contributed by atoms with Gasteiger partial charge in [0.25, 0.3) is 0 Å². The number of nitrogens with zero attached hydrogens (tertiary/aromatic N) is 1. The molecule has 1 aromatic carbocycles. The highest BCUT2D eigenvalue weighted by atomic mass is 32.2. The first-order valence-corrected chi connectivity index (χ1v) is 10.5. The Morgan fingerprint density at radius 3 is 2.69 bits per heavy atom. The third kappa shape index (κ3) is 4.44. The second-order valence-corrected chi connectivity index (χ2v) is 8.65. The fourth-order valence-electron chi connectivity index (χ4n) is 2.96. The molecular formula is C18H23N3O3S2. The zero-order valence-corrected chi connectivity index (χ0v) is 16.3. The molecule has 0 amide bonds. The van der Waals surface area contributed by atoms with Crippen LogP contribution >= 0.6 is 12.2 Å². The molecule has 3 rings (SSSR count). The van der Waals surface area contributed by atoms with E-state index in [2.05, 4.69) is 10.6 Å². The van der Waals surface area contributed by atoms with Gasteiger partial charge in [0.2, 0.25) is 10.0 Å². The van der Waals surface area contributed by atoms with Crippen LogP contribution in [0.1, 0.15) is 30.6 Å². The summed E-state index contributed by atoms with van der Waals surface area (Å²) >= 11 is 5.28. The topological polar surface area (TPSA) is 74.6 Å². The third-order valence-corrected chi connectivity index (χ3v) is 6.67. The largest absolute Gasteiger partial charge is 0.467 e. The van der Waals surface area contributed by atoms with Gasteiger partial charge in [0.15, 0.2) is 5.11 Å². The number of hydrogen-bond donors (Lipinski definition) is 2. The molecule has 0 saturated carbocycles. The van der Waals surface area contributed by atoms with Crippen molar-refractivity contribution in [3.8, 4) is 0 Å². The number of rotatable bonds is 5. The molecule has 0 atom stereocenters. The number of hydrogen-bond acceptors (Lipinski definition) is 4. The molecule has 0 spiro atoms. The van der Waals surface area contributed by atoms with Crippen molar-refractivity contribution in [2.75, 3.05) is 18.4 Å². The molecular weight excluding hydrogens is 370 g/mol. The van der Waals surface area contributed by atoms with Crippen LogP contribution < -0.4 is 10.6 Å². The molecule has 0 radical (unpaired) electrons. The van der Waals surface area contributed by atoms with Gasteiger partial charge in [-0.15, -0.1) is 0 Å². The fraction of sp³-hybridized carbons (Fsp3) is 0.389. The number of sulfonamides is 1. The van der Waals surface area contributed by atoms with Crippen LogP contribution in [0.2, 0.25) is 0 Å². The molecule has 1 fully saturated rings. The Morgan fingerprint density at radius 1 is 1.23 bits per heavy atom. The molecule has 1 aliphatic heterocycles. The Balaban J connectivity index is 1.71. The van der Waals surface area contributed by atoms with Gasteiger partial charge in [-0.05, 0) is 61.8 Å². The fourth-order valence-corrected chi connectivity index (χ4v) is 4.91. The van der Waals surface area contributed by atoms with E-state index >= 15 is 0 Å². The second kappa shape index (κ2) is 8.20. The molecule has 2 aromatic rings. The van der Waals surface area contributed by atoms with Crippen LogP contribution in [0.25, 0.3) is 0 Å². The van der Waals surface area contributed by atoms with Crippen LogP contribution in [0.4, 0.5) is 5.69 Å². The summed E-state index contributed by atoms with van der Waals surface area (Å²) in [6, 6.07) is 8.94. The van der Waals surface area contributed by atoms with Crippen LogP contribution in [0.15, 0.2) is 45.9 Å². The van der Waals surface area contributed by atoms with Gasteiger partial charge in [-0.2, -0.15) is 4.31 Å². The average Bonchev–Trinajstić information content (AvgIpc) is 3.16. The molecule has 26 heavy (non-hydrogen) atoms. The van der Waals surface area contributed by atoms with Crippen molar-refractivity contribution in [2.24, 2.45) is 0 Å². The van der Waals surface area contributed by atoms with Crippen molar-refractivity contribution in [1.82, 2.24) is 9.62 Å². The first-order chi connectivity index (χ1) is 12.5. The highest BCUT2D eigenvalue weighted by Crippen LogP contribution is 2.26. The minimum atomic E-state index is -3.48. The zero-order valence-electron chi connectivity index (χ0n) is 14.7. The van der Waals surface area contributed by atoms with Gasteiger partial charge in [0.05, 0.1) is 17.7 Å². The van der Waals surface area contributed by atoms with Crippen molar-refractivity contribution >= 4 is 33.0 Å². The quantitative estimate of drug-likeness (QED) is 0.760. The lowest BCUT2D eigenvalue weighted by molar-refractivity contribution is 0.346. The van der Waals surface area contributed by atoms with E-state index in [0.717, 1.165) is 30.6 Å². The van der Waals surface area contributed by atoms with Gasteiger partial charge < -0.3 is 15.1 Å². The van der Waals surface area contributed by atoms with Crippen molar-refractivity contribution in [3.63, 3.8) is 0 Å².